The molecule has 4 nitrogen and oxygen atoms in total. The van der Waals surface area contributed by atoms with E-state index in [1.54, 1.807) is 6.92 Å². The highest BCUT2D eigenvalue weighted by atomic mass is 127. The van der Waals surface area contributed by atoms with Crippen LogP contribution in [0.15, 0.2) is 6.20 Å². The van der Waals surface area contributed by atoms with Crippen molar-refractivity contribution in [2.24, 2.45) is 6.98 Å². The van der Waals surface area contributed by atoms with Crippen LogP contribution in [0.25, 0.3) is 0 Å². The molecular formula is C7H9IN2O2. The summed E-state index contributed by atoms with van der Waals surface area (Å²) in [5.74, 6) is -0.607. The number of aryl methyl sites for hydroxylation is 1. The quantitative estimate of drug-likeness (QED) is 0.605. The van der Waals surface area contributed by atoms with Crippen LogP contribution in [0.1, 0.15) is 21.5 Å². The van der Waals surface area contributed by atoms with Gasteiger partial charge in [0.15, 0.2) is 5.69 Å². The van der Waals surface area contributed by atoms with E-state index < -0.39 is 12.9 Å². The molecule has 1 aromatic heterocycles. The fourth-order valence-electron chi connectivity index (χ4n) is 0.691. The van der Waals surface area contributed by atoms with E-state index in [0.29, 0.717) is 3.57 Å². The number of nitrogens with zero attached hydrogens (tertiary/aromatic N) is 2. The van der Waals surface area contributed by atoms with Crippen LogP contribution in [0.5, 0.6) is 0 Å². The molecule has 0 spiro atoms. The molecule has 0 bridgehead atoms. The maximum atomic E-state index is 11.3. The maximum absolute atomic E-state index is 11.3. The molecule has 0 fully saturated rings. The number of hydrogen-bond acceptors (Lipinski definition) is 3. The Kier molecular flexibility index (Phi) is 1.93. The fourth-order valence-corrected chi connectivity index (χ4v) is 1.28. The van der Waals surface area contributed by atoms with Gasteiger partial charge in [-0.3, -0.25) is 4.68 Å². The van der Waals surface area contributed by atoms with Crippen molar-refractivity contribution in [3.05, 3.63) is 15.5 Å². The minimum absolute atomic E-state index is 0.0357. The summed E-state index contributed by atoms with van der Waals surface area (Å²) in [4.78, 5) is 11.3. The molecule has 5 heteroatoms. The molecule has 0 aromatic carbocycles. The predicted molar refractivity (Wildman–Crippen MR) is 51.9 cm³/mol. The van der Waals surface area contributed by atoms with Gasteiger partial charge in [0.2, 0.25) is 0 Å². The first-order chi connectivity index (χ1) is 6.86. The summed E-state index contributed by atoms with van der Waals surface area (Å²) in [6.07, 6.45) is 1.29. The van der Waals surface area contributed by atoms with Crippen LogP contribution in [0.2, 0.25) is 0 Å². The number of carbonyl (C=O) groups is 1. The van der Waals surface area contributed by atoms with Crippen molar-refractivity contribution in [2.45, 2.75) is 6.92 Å². The van der Waals surface area contributed by atoms with E-state index in [-0.39, 0.29) is 12.3 Å². The van der Waals surface area contributed by atoms with Crippen LogP contribution in [0.4, 0.5) is 0 Å². The van der Waals surface area contributed by atoms with Gasteiger partial charge in [-0.25, -0.2) is 4.79 Å². The Balaban J connectivity index is 3.02. The first-order valence-corrected chi connectivity index (χ1v) is 4.37. The number of aromatic nitrogens is 2. The van der Waals surface area contributed by atoms with Gasteiger partial charge in [0, 0.05) is 17.3 Å². The molecule has 0 saturated heterocycles. The van der Waals surface area contributed by atoms with Crippen molar-refractivity contribution < 1.29 is 13.6 Å². The lowest BCUT2D eigenvalue weighted by molar-refractivity contribution is 0.0517. The van der Waals surface area contributed by atoms with Crippen LogP contribution < -0.4 is 0 Å². The van der Waals surface area contributed by atoms with Gasteiger partial charge in [-0.2, -0.15) is 5.10 Å². The molecule has 0 N–H and O–H groups in total. The van der Waals surface area contributed by atoms with E-state index in [2.05, 4.69) is 5.10 Å². The van der Waals surface area contributed by atoms with Crippen LogP contribution >= 0.6 is 22.6 Å². The van der Waals surface area contributed by atoms with E-state index in [1.807, 2.05) is 22.6 Å². The van der Waals surface area contributed by atoms with Crippen molar-refractivity contribution in [2.75, 3.05) is 6.61 Å². The van der Waals surface area contributed by atoms with Crippen molar-refractivity contribution in [3.63, 3.8) is 0 Å². The van der Waals surface area contributed by atoms with Crippen molar-refractivity contribution >= 4 is 28.6 Å². The minimum atomic E-state index is -2.37. The lowest BCUT2D eigenvalue weighted by Crippen LogP contribution is -2.07. The molecule has 0 atom stereocenters. The third kappa shape index (κ3) is 1.96. The number of esters is 1. The van der Waals surface area contributed by atoms with E-state index in [1.165, 1.54) is 6.20 Å². The molecular weight excluding hydrogens is 271 g/mol. The normalized spacial score (nSPS) is 14.7. The largest absolute Gasteiger partial charge is 0.461 e. The smallest absolute Gasteiger partial charge is 0.359 e. The predicted octanol–water partition coefficient (Wildman–Crippen LogP) is 1.20. The monoisotopic (exact) mass is 283 g/mol. The second kappa shape index (κ2) is 3.88. The molecule has 0 aliphatic heterocycles. The standard InChI is InChI=1S/C7H9IN2O2/c1-3-12-7(11)6-5(8)4-10(2)9-6/h4H,3H2,1-2H3/i2D3. The van der Waals surface area contributed by atoms with Gasteiger partial charge in [0.25, 0.3) is 0 Å². The Morgan fingerprint density at radius 1 is 2.00 bits per heavy atom. The van der Waals surface area contributed by atoms with Gasteiger partial charge in [0.05, 0.1) is 10.2 Å². The topological polar surface area (TPSA) is 44.1 Å². The summed E-state index contributed by atoms with van der Waals surface area (Å²) in [6.45, 7) is -0.467. The molecule has 12 heavy (non-hydrogen) atoms. The first kappa shape index (κ1) is 5.95. The summed E-state index contributed by atoms with van der Waals surface area (Å²) in [7, 11) is 0. The van der Waals surface area contributed by atoms with E-state index >= 15 is 0 Å². The summed E-state index contributed by atoms with van der Waals surface area (Å²) in [5.41, 5.74) is 0.0357. The summed E-state index contributed by atoms with van der Waals surface area (Å²) < 4.78 is 27.3. The number of carbonyl (C=O) groups excluding carboxylic acids is 1. The average Bonchev–Trinajstić information content (AvgIpc) is 2.47. The molecule has 0 aliphatic rings. The summed E-state index contributed by atoms with van der Waals surface area (Å²) in [6, 6.07) is 0. The number of rotatable bonds is 2. The molecule has 1 rings (SSSR count). The maximum Gasteiger partial charge on any atom is 0.359 e. The number of hydrogen-bond donors (Lipinski definition) is 0. The Labute approximate surface area is 88.3 Å². The fraction of sp³-hybridized carbons (Fsp3) is 0.429. The second-order valence-electron chi connectivity index (χ2n) is 1.99. The van der Waals surface area contributed by atoms with E-state index in [0.717, 1.165) is 4.68 Å². The van der Waals surface area contributed by atoms with Crippen molar-refractivity contribution in [3.8, 4) is 0 Å². The molecule has 0 amide bonds. The summed E-state index contributed by atoms with van der Waals surface area (Å²) in [5, 5.41) is 3.67. The molecule has 0 unspecified atom stereocenters. The molecule has 66 valence electrons. The Hall–Kier alpha value is -0.590. The highest BCUT2D eigenvalue weighted by molar-refractivity contribution is 14.1. The van der Waals surface area contributed by atoms with Crippen molar-refractivity contribution in [1.29, 1.82) is 0 Å². The third-order valence-electron chi connectivity index (χ3n) is 1.14. The van der Waals surface area contributed by atoms with Crippen LogP contribution in [0, 0.1) is 3.57 Å². The van der Waals surface area contributed by atoms with Crippen molar-refractivity contribution in [1.82, 2.24) is 9.78 Å². The second-order valence-corrected chi connectivity index (χ2v) is 3.15. The lowest BCUT2D eigenvalue weighted by Gasteiger charge is -1.96. The molecule has 1 aromatic rings. The third-order valence-corrected chi connectivity index (χ3v) is 1.93. The zero-order valence-corrected chi connectivity index (χ0v) is 8.53. The Bertz CT molecular complexity index is 375. The molecule has 0 aliphatic carbocycles. The first-order valence-electron chi connectivity index (χ1n) is 4.79. The van der Waals surface area contributed by atoms with Gasteiger partial charge in [-0.1, -0.05) is 0 Å². The lowest BCUT2D eigenvalue weighted by atomic mass is 10.4. The van der Waals surface area contributed by atoms with Crippen LogP contribution in [-0.2, 0) is 11.7 Å². The highest BCUT2D eigenvalue weighted by Crippen LogP contribution is 2.10. The van der Waals surface area contributed by atoms with Gasteiger partial charge in [-0.15, -0.1) is 0 Å². The number of ether oxygens (including phenoxy) is 1. The molecule has 0 saturated carbocycles. The van der Waals surface area contributed by atoms with Gasteiger partial charge in [0.1, 0.15) is 0 Å². The van der Waals surface area contributed by atoms with Gasteiger partial charge < -0.3 is 4.74 Å². The van der Waals surface area contributed by atoms with E-state index in [4.69, 9.17) is 8.85 Å². The van der Waals surface area contributed by atoms with Gasteiger partial charge in [-0.05, 0) is 29.5 Å². The molecule has 0 radical (unpaired) electrons. The Morgan fingerprint density at radius 2 is 2.75 bits per heavy atom. The van der Waals surface area contributed by atoms with Gasteiger partial charge >= 0.3 is 5.97 Å². The van der Waals surface area contributed by atoms with Crippen LogP contribution in [0.3, 0.4) is 0 Å². The minimum Gasteiger partial charge on any atom is -0.461 e. The summed E-state index contributed by atoms with van der Waals surface area (Å²) >= 11 is 1.84. The number of halogens is 1. The Morgan fingerprint density at radius 3 is 3.25 bits per heavy atom. The molecule has 1 heterocycles. The SMILES string of the molecule is [2H]C([2H])([2H])n1cc(I)c(C(=O)OCC)n1. The highest BCUT2D eigenvalue weighted by Gasteiger charge is 2.14. The zero-order chi connectivity index (χ0) is 11.6. The van der Waals surface area contributed by atoms with E-state index in [9.17, 15) is 4.79 Å². The zero-order valence-electron chi connectivity index (χ0n) is 9.37. The average molecular weight is 283 g/mol. The van der Waals surface area contributed by atoms with Crippen LogP contribution in [-0.4, -0.2) is 22.4 Å².